The number of carbonyl (C=O) groups excluding carboxylic acids is 2. The number of aliphatic hydroxyl groups is 1. The summed E-state index contributed by atoms with van der Waals surface area (Å²) in [7, 11) is 3.89. The van der Waals surface area contributed by atoms with Crippen LogP contribution in [0.1, 0.15) is 20.3 Å². The van der Waals surface area contributed by atoms with E-state index in [0.717, 1.165) is 0 Å². The van der Waals surface area contributed by atoms with Crippen LogP contribution in [0.2, 0.25) is 0 Å². The third kappa shape index (κ3) is 2.73. The summed E-state index contributed by atoms with van der Waals surface area (Å²) in [6, 6.07) is -0.617. The van der Waals surface area contributed by atoms with E-state index in [0.29, 0.717) is 22.4 Å². The highest BCUT2D eigenvalue weighted by atomic mass is 32.2. The number of aliphatic hydroxyl groups excluding tert-OH is 1. The van der Waals surface area contributed by atoms with E-state index in [-0.39, 0.29) is 40.8 Å². The molecule has 3 aliphatic rings. The van der Waals surface area contributed by atoms with Crippen molar-refractivity contribution < 1.29 is 29.1 Å². The number of fused-ring (bicyclic) bond motifs is 1. The summed E-state index contributed by atoms with van der Waals surface area (Å²) < 4.78 is 0.472. The number of quaternary nitrogens is 1. The molecule has 2 fully saturated rings. The van der Waals surface area contributed by atoms with Crippen molar-refractivity contribution in [3.8, 4) is 0 Å². The number of carboxylic acid groups (broad SMARTS) is 1. The molecule has 0 bridgehead atoms. The second-order valence-corrected chi connectivity index (χ2v) is 9.47. The second-order valence-electron chi connectivity index (χ2n) is 8.13. The van der Waals surface area contributed by atoms with Gasteiger partial charge in [0.2, 0.25) is 5.91 Å². The standard InChI is InChI=1S/C17H25N3O5S/c1-7-12-11(8(2)21)16(23)19(12)13(17(24)25)14(7)26-9-5-10(15(18)22)20(3,4)6-9/h7-12,21H,5-6H2,1-4H3,(H2-,18,22,24,25)/p+1/t7?,8?,9?,10?,11?,12-/m1/s1. The predicted octanol–water partition coefficient (Wildman–Crippen LogP) is -0.424. The molecule has 5 unspecified atom stereocenters. The maximum absolute atomic E-state index is 12.4. The molecule has 3 aliphatic heterocycles. The van der Waals surface area contributed by atoms with E-state index in [9.17, 15) is 24.6 Å². The number of hydrogen-bond acceptors (Lipinski definition) is 5. The lowest BCUT2D eigenvalue weighted by atomic mass is 9.79. The SMILES string of the molecule is CC(O)C1C(=O)N2C(C(=O)O)=C(SC3CC(C(N)=O)[N+](C)(C)C3)C(C)[C@H]12. The Labute approximate surface area is 156 Å². The quantitative estimate of drug-likeness (QED) is 0.437. The molecule has 0 aromatic carbocycles. The molecule has 0 radical (unpaired) electrons. The molecule has 26 heavy (non-hydrogen) atoms. The lowest BCUT2D eigenvalue weighted by molar-refractivity contribution is -0.892. The summed E-state index contributed by atoms with van der Waals surface area (Å²) in [5, 5.41) is 19.6. The Kier molecular flexibility index (Phi) is 4.61. The molecule has 0 saturated carbocycles. The molecular formula is C17H26N3O5S+. The molecule has 2 amide bonds. The maximum atomic E-state index is 12.4. The van der Waals surface area contributed by atoms with Gasteiger partial charge >= 0.3 is 5.97 Å². The zero-order valence-corrected chi connectivity index (χ0v) is 16.2. The summed E-state index contributed by atoms with van der Waals surface area (Å²) in [6.07, 6.45) is -0.235. The lowest BCUT2D eigenvalue weighted by Crippen LogP contribution is -2.63. The molecule has 3 rings (SSSR count). The van der Waals surface area contributed by atoms with E-state index in [4.69, 9.17) is 5.73 Å². The van der Waals surface area contributed by atoms with Crippen molar-refractivity contribution in [1.82, 2.24) is 4.90 Å². The molecule has 144 valence electrons. The fourth-order valence-electron chi connectivity index (χ4n) is 4.67. The van der Waals surface area contributed by atoms with E-state index < -0.39 is 18.0 Å². The number of carboxylic acids is 1. The van der Waals surface area contributed by atoms with Gasteiger partial charge in [0, 0.05) is 17.2 Å². The zero-order chi connectivity index (χ0) is 19.5. The normalized spacial score (nSPS) is 36.7. The Bertz CT molecular complexity index is 705. The summed E-state index contributed by atoms with van der Waals surface area (Å²) in [6.45, 7) is 4.16. The number of hydrogen-bond donors (Lipinski definition) is 3. The number of amides is 2. The highest BCUT2D eigenvalue weighted by Gasteiger charge is 2.60. The third-order valence-electron chi connectivity index (χ3n) is 5.94. The van der Waals surface area contributed by atoms with Gasteiger partial charge in [-0.05, 0) is 6.92 Å². The van der Waals surface area contributed by atoms with Gasteiger partial charge in [-0.15, -0.1) is 11.8 Å². The van der Waals surface area contributed by atoms with Gasteiger partial charge in [0.25, 0.3) is 5.91 Å². The van der Waals surface area contributed by atoms with Crippen molar-refractivity contribution >= 4 is 29.5 Å². The van der Waals surface area contributed by atoms with E-state index in [1.807, 2.05) is 21.0 Å². The molecule has 0 aromatic heterocycles. The van der Waals surface area contributed by atoms with Gasteiger partial charge in [-0.3, -0.25) is 9.59 Å². The Morgan fingerprint density at radius 3 is 2.46 bits per heavy atom. The largest absolute Gasteiger partial charge is 0.477 e. The Morgan fingerprint density at radius 1 is 1.38 bits per heavy atom. The van der Waals surface area contributed by atoms with Crippen LogP contribution in [0, 0.1) is 11.8 Å². The first-order valence-electron chi connectivity index (χ1n) is 8.74. The van der Waals surface area contributed by atoms with Gasteiger partial charge in [-0.2, -0.15) is 0 Å². The molecular weight excluding hydrogens is 358 g/mol. The van der Waals surface area contributed by atoms with Crippen LogP contribution in [0.25, 0.3) is 0 Å². The number of aliphatic carboxylic acids is 1. The van der Waals surface area contributed by atoms with Gasteiger partial charge in [-0.25, -0.2) is 4.79 Å². The fraction of sp³-hybridized carbons (Fsp3) is 0.706. The van der Waals surface area contributed by atoms with Crippen LogP contribution in [-0.2, 0) is 14.4 Å². The van der Waals surface area contributed by atoms with Crippen LogP contribution in [0.4, 0.5) is 0 Å². The zero-order valence-electron chi connectivity index (χ0n) is 15.4. The summed E-state index contributed by atoms with van der Waals surface area (Å²) >= 11 is 1.45. The number of likely N-dealkylation sites (N-methyl/N-ethyl adjacent to an activating group) is 1. The number of primary amides is 1. The predicted molar refractivity (Wildman–Crippen MR) is 95.6 cm³/mol. The molecule has 8 nitrogen and oxygen atoms in total. The molecule has 0 aromatic rings. The van der Waals surface area contributed by atoms with Crippen molar-refractivity contribution in [2.24, 2.45) is 17.6 Å². The fourth-order valence-corrected chi connectivity index (χ4v) is 6.41. The van der Waals surface area contributed by atoms with Crippen LogP contribution >= 0.6 is 11.8 Å². The van der Waals surface area contributed by atoms with Crippen LogP contribution < -0.4 is 5.73 Å². The summed E-state index contributed by atoms with van der Waals surface area (Å²) in [5.41, 5.74) is 5.55. The minimum absolute atomic E-state index is 0.0298. The van der Waals surface area contributed by atoms with Crippen molar-refractivity contribution in [3.63, 3.8) is 0 Å². The number of thioether (sulfide) groups is 1. The molecule has 6 atom stereocenters. The summed E-state index contributed by atoms with van der Waals surface area (Å²) in [4.78, 5) is 37.9. The Hall–Kier alpha value is -1.58. The minimum Gasteiger partial charge on any atom is -0.477 e. The molecule has 4 N–H and O–H groups in total. The maximum Gasteiger partial charge on any atom is 0.353 e. The van der Waals surface area contributed by atoms with Crippen LogP contribution in [-0.4, -0.2) is 81.5 Å². The first kappa shape index (κ1) is 19.2. The van der Waals surface area contributed by atoms with E-state index in [1.54, 1.807) is 6.92 Å². The first-order valence-corrected chi connectivity index (χ1v) is 9.62. The van der Waals surface area contributed by atoms with Crippen LogP contribution in [0.3, 0.4) is 0 Å². The van der Waals surface area contributed by atoms with Crippen molar-refractivity contribution in [2.45, 2.75) is 43.7 Å². The van der Waals surface area contributed by atoms with Gasteiger partial charge in [-0.1, -0.05) is 6.92 Å². The molecule has 0 spiro atoms. The van der Waals surface area contributed by atoms with Gasteiger partial charge < -0.3 is 25.3 Å². The Morgan fingerprint density at radius 2 is 2.00 bits per heavy atom. The van der Waals surface area contributed by atoms with E-state index >= 15 is 0 Å². The van der Waals surface area contributed by atoms with Gasteiger partial charge in [0.15, 0.2) is 6.04 Å². The van der Waals surface area contributed by atoms with E-state index in [1.165, 1.54) is 16.7 Å². The monoisotopic (exact) mass is 384 g/mol. The first-order chi connectivity index (χ1) is 12.0. The second kappa shape index (κ2) is 6.24. The average Bonchev–Trinajstić information content (AvgIpc) is 2.92. The van der Waals surface area contributed by atoms with Crippen molar-refractivity contribution in [1.29, 1.82) is 0 Å². The highest BCUT2D eigenvalue weighted by molar-refractivity contribution is 8.03. The van der Waals surface area contributed by atoms with Crippen LogP contribution in [0.15, 0.2) is 10.6 Å². The highest BCUT2D eigenvalue weighted by Crippen LogP contribution is 2.52. The van der Waals surface area contributed by atoms with Crippen molar-refractivity contribution in [2.75, 3.05) is 20.6 Å². The number of β-lactam (4-membered cyclic amide) rings is 1. The Balaban J connectivity index is 1.87. The molecule has 3 heterocycles. The number of rotatable bonds is 5. The van der Waals surface area contributed by atoms with Gasteiger partial charge in [0.1, 0.15) is 5.70 Å². The average molecular weight is 384 g/mol. The van der Waals surface area contributed by atoms with E-state index in [2.05, 4.69) is 0 Å². The molecule has 0 aliphatic carbocycles. The topological polar surface area (TPSA) is 121 Å². The summed E-state index contributed by atoms with van der Waals surface area (Å²) in [5.74, 6) is -2.53. The third-order valence-corrected chi connectivity index (χ3v) is 7.43. The smallest absolute Gasteiger partial charge is 0.353 e. The van der Waals surface area contributed by atoms with Gasteiger partial charge in [0.05, 0.1) is 44.0 Å². The number of carbonyl (C=O) groups is 3. The minimum atomic E-state index is -1.13. The van der Waals surface area contributed by atoms with Crippen LogP contribution in [0.5, 0.6) is 0 Å². The number of nitrogens with zero attached hydrogens (tertiary/aromatic N) is 2. The van der Waals surface area contributed by atoms with Crippen molar-refractivity contribution in [3.05, 3.63) is 10.6 Å². The number of likely N-dealkylation sites (tertiary alicyclic amines) is 1. The lowest BCUT2D eigenvalue weighted by Gasteiger charge is -2.46. The molecule has 2 saturated heterocycles. The number of nitrogens with two attached hydrogens (primary N) is 1. The molecule has 9 heteroatoms.